The topological polar surface area (TPSA) is 74.2 Å². The number of benzene rings is 2. The quantitative estimate of drug-likeness (QED) is 0.211. The van der Waals surface area contributed by atoms with E-state index >= 15 is 0 Å². The van der Waals surface area contributed by atoms with Gasteiger partial charge in [0.25, 0.3) is 0 Å². The normalized spacial score (nSPS) is 11.4. The van der Waals surface area contributed by atoms with E-state index in [0.717, 1.165) is 58.4 Å². The molecule has 0 aliphatic carbocycles. The van der Waals surface area contributed by atoms with Crippen molar-refractivity contribution in [1.29, 1.82) is 0 Å². The van der Waals surface area contributed by atoms with Crippen molar-refractivity contribution < 1.29 is 4.79 Å². The molecule has 31 heavy (non-hydrogen) atoms. The molecule has 0 saturated carbocycles. The van der Waals surface area contributed by atoms with Crippen molar-refractivity contribution in [1.82, 2.24) is 4.98 Å². The molecule has 0 fully saturated rings. The third-order valence-corrected chi connectivity index (χ3v) is 5.83. The molecule has 0 aliphatic heterocycles. The molecule has 3 rings (SSSR count). The average molecular weight is 419 g/mol. The van der Waals surface area contributed by atoms with Crippen LogP contribution in [0.3, 0.4) is 0 Å². The number of nitrogens with one attached hydrogen (secondary N) is 2. The van der Waals surface area contributed by atoms with Crippen LogP contribution in [-0.2, 0) is 11.3 Å². The fraction of sp³-hybridized carbons (Fsp3) is 0.346. The zero-order valence-electron chi connectivity index (χ0n) is 18.9. The van der Waals surface area contributed by atoms with Gasteiger partial charge in [-0.1, -0.05) is 50.1 Å². The van der Waals surface area contributed by atoms with Crippen molar-refractivity contribution in [3.8, 4) is 11.1 Å². The fourth-order valence-electron chi connectivity index (χ4n) is 4.26. The summed E-state index contributed by atoms with van der Waals surface area (Å²) >= 11 is 0. The average Bonchev–Trinajstić information content (AvgIpc) is 3.18. The van der Waals surface area contributed by atoms with Crippen LogP contribution in [0.25, 0.3) is 22.0 Å². The Bertz CT molecular complexity index is 1050. The predicted octanol–water partition coefficient (Wildman–Crippen LogP) is 5.74. The Balaban J connectivity index is 2.14. The summed E-state index contributed by atoms with van der Waals surface area (Å²) in [7, 11) is 0. The second-order valence-electron chi connectivity index (χ2n) is 7.87. The zero-order chi connectivity index (χ0) is 22.2. The minimum atomic E-state index is 0.463. The molecule has 0 spiro atoms. The van der Waals surface area contributed by atoms with Gasteiger partial charge in [-0.05, 0) is 54.7 Å². The van der Waals surface area contributed by atoms with Gasteiger partial charge in [-0.3, -0.25) is 4.79 Å². The zero-order valence-corrected chi connectivity index (χ0v) is 18.9. The summed E-state index contributed by atoms with van der Waals surface area (Å²) < 4.78 is 0. The van der Waals surface area contributed by atoms with Gasteiger partial charge in [0.15, 0.2) is 0 Å². The van der Waals surface area contributed by atoms with Gasteiger partial charge in [0, 0.05) is 36.9 Å². The van der Waals surface area contributed by atoms with Crippen molar-refractivity contribution in [3.05, 3.63) is 59.8 Å². The van der Waals surface area contributed by atoms with Gasteiger partial charge in [-0.2, -0.15) is 0 Å². The summed E-state index contributed by atoms with van der Waals surface area (Å²) in [5.74, 6) is 0. The molecule has 4 N–H and O–H groups in total. The Kier molecular flexibility index (Phi) is 7.90. The van der Waals surface area contributed by atoms with Crippen LogP contribution in [0.4, 0.5) is 11.4 Å². The van der Waals surface area contributed by atoms with Crippen LogP contribution in [0.5, 0.6) is 0 Å². The smallest absolute Gasteiger partial charge is 0.211 e. The van der Waals surface area contributed by atoms with E-state index < -0.39 is 0 Å². The molecule has 0 atom stereocenters. The maximum atomic E-state index is 11.0. The highest BCUT2D eigenvalue weighted by Gasteiger charge is 2.18. The molecule has 0 radical (unpaired) electrons. The standard InChI is InChI=1S/C26H34N4O/c1-4-6-8-15-30(14-7-5-2)24-11-9-10-20(22(24)16-27)21-12-13-23(29-18-31)26-25(21)19(3)17-28-26/h5,7,9-13,17-18,28H,4,6,8,14-16,27H2,1-3H3,(H,29,31)/b7-5+. The molecule has 0 aliphatic rings. The first-order valence-corrected chi connectivity index (χ1v) is 11.2. The maximum Gasteiger partial charge on any atom is 0.211 e. The van der Waals surface area contributed by atoms with E-state index in [9.17, 15) is 4.79 Å². The van der Waals surface area contributed by atoms with Gasteiger partial charge < -0.3 is 20.9 Å². The van der Waals surface area contributed by atoms with E-state index in [1.54, 1.807) is 0 Å². The molecule has 3 aromatic rings. The first kappa shape index (κ1) is 22.6. The summed E-state index contributed by atoms with van der Waals surface area (Å²) in [5.41, 5.74) is 13.8. The highest BCUT2D eigenvalue weighted by molar-refractivity contribution is 6.06. The molecule has 5 nitrogen and oxygen atoms in total. The Hall–Kier alpha value is -3.05. The highest BCUT2D eigenvalue weighted by atomic mass is 16.1. The van der Waals surface area contributed by atoms with Crippen LogP contribution >= 0.6 is 0 Å². The molecule has 1 amide bonds. The van der Waals surface area contributed by atoms with Crippen LogP contribution < -0.4 is 16.0 Å². The van der Waals surface area contributed by atoms with Gasteiger partial charge in [-0.15, -0.1) is 0 Å². The lowest BCUT2D eigenvalue weighted by Gasteiger charge is -2.27. The maximum absolute atomic E-state index is 11.0. The van der Waals surface area contributed by atoms with E-state index in [2.05, 4.69) is 72.4 Å². The van der Waals surface area contributed by atoms with Gasteiger partial charge in [-0.25, -0.2) is 0 Å². The highest BCUT2D eigenvalue weighted by Crippen LogP contribution is 2.39. The lowest BCUT2D eigenvalue weighted by molar-refractivity contribution is -0.105. The van der Waals surface area contributed by atoms with Crippen molar-refractivity contribution in [2.75, 3.05) is 23.3 Å². The first-order chi connectivity index (χ1) is 15.2. The third-order valence-electron chi connectivity index (χ3n) is 5.83. The van der Waals surface area contributed by atoms with Crippen LogP contribution in [0, 0.1) is 6.92 Å². The summed E-state index contributed by atoms with van der Waals surface area (Å²) in [4.78, 5) is 16.8. The molecule has 0 unspecified atom stereocenters. The number of rotatable bonds is 11. The third kappa shape index (κ3) is 4.83. The molecule has 1 aromatic heterocycles. The van der Waals surface area contributed by atoms with Crippen molar-refractivity contribution in [2.45, 2.75) is 46.6 Å². The lowest BCUT2D eigenvalue weighted by atomic mass is 9.93. The number of aromatic nitrogens is 1. The molecule has 164 valence electrons. The van der Waals surface area contributed by atoms with E-state index in [0.29, 0.717) is 13.0 Å². The Morgan fingerprint density at radius 2 is 2.00 bits per heavy atom. The van der Waals surface area contributed by atoms with Gasteiger partial charge >= 0.3 is 0 Å². The minimum Gasteiger partial charge on any atom is -0.368 e. The Labute approximate surface area is 185 Å². The molecule has 0 bridgehead atoms. The molecular weight excluding hydrogens is 384 g/mol. The SMILES string of the molecule is C/C=C/CN(CCCCC)c1cccc(-c2ccc(NC=O)c3[nH]cc(C)c23)c1CN. The van der Waals surface area contributed by atoms with E-state index in [1.807, 2.05) is 12.3 Å². The second kappa shape index (κ2) is 10.8. The number of aryl methyl sites for hydroxylation is 1. The summed E-state index contributed by atoms with van der Waals surface area (Å²) in [5, 5.41) is 3.92. The van der Waals surface area contributed by atoms with E-state index in [1.165, 1.54) is 18.5 Å². The number of carbonyl (C=O) groups is 1. The summed E-state index contributed by atoms with van der Waals surface area (Å²) in [6.07, 6.45) is 10.6. The fourth-order valence-corrected chi connectivity index (χ4v) is 4.26. The number of unbranched alkanes of at least 4 members (excludes halogenated alkanes) is 2. The largest absolute Gasteiger partial charge is 0.368 e. The number of hydrogen-bond donors (Lipinski definition) is 3. The number of nitrogens with zero attached hydrogens (tertiary/aromatic N) is 1. The van der Waals surface area contributed by atoms with Crippen LogP contribution in [0.15, 0.2) is 48.7 Å². The summed E-state index contributed by atoms with van der Waals surface area (Å²) in [6, 6.07) is 10.5. The number of anilines is 2. The molecule has 2 aromatic carbocycles. The number of allylic oxidation sites excluding steroid dienone is 1. The first-order valence-electron chi connectivity index (χ1n) is 11.2. The minimum absolute atomic E-state index is 0.463. The van der Waals surface area contributed by atoms with Crippen LogP contribution in [0.1, 0.15) is 44.2 Å². The van der Waals surface area contributed by atoms with Crippen molar-refractivity contribution >= 4 is 28.7 Å². The van der Waals surface area contributed by atoms with Gasteiger partial charge in [0.1, 0.15) is 0 Å². The molecule has 1 heterocycles. The Morgan fingerprint density at radius 3 is 2.71 bits per heavy atom. The van der Waals surface area contributed by atoms with E-state index in [4.69, 9.17) is 5.73 Å². The number of H-pyrrole nitrogens is 1. The predicted molar refractivity (Wildman–Crippen MR) is 133 cm³/mol. The summed E-state index contributed by atoms with van der Waals surface area (Å²) in [6.45, 7) is 8.72. The second-order valence-corrected chi connectivity index (χ2v) is 7.87. The van der Waals surface area contributed by atoms with Gasteiger partial charge in [0.05, 0.1) is 11.2 Å². The van der Waals surface area contributed by atoms with Crippen LogP contribution in [-0.4, -0.2) is 24.5 Å². The number of carbonyl (C=O) groups excluding carboxylic acids is 1. The van der Waals surface area contributed by atoms with Crippen molar-refractivity contribution in [2.24, 2.45) is 5.73 Å². The number of fused-ring (bicyclic) bond motifs is 1. The van der Waals surface area contributed by atoms with E-state index in [-0.39, 0.29) is 0 Å². The number of nitrogens with two attached hydrogens (primary N) is 1. The van der Waals surface area contributed by atoms with Crippen molar-refractivity contribution in [3.63, 3.8) is 0 Å². The number of amides is 1. The Morgan fingerprint density at radius 1 is 1.16 bits per heavy atom. The lowest BCUT2D eigenvalue weighted by Crippen LogP contribution is -2.26. The number of hydrogen-bond acceptors (Lipinski definition) is 3. The van der Waals surface area contributed by atoms with Gasteiger partial charge in [0.2, 0.25) is 6.41 Å². The van der Waals surface area contributed by atoms with Crippen LogP contribution in [0.2, 0.25) is 0 Å². The number of aromatic amines is 1. The monoisotopic (exact) mass is 418 g/mol. The molecule has 0 saturated heterocycles. The molecular formula is C26H34N4O. The molecule has 5 heteroatoms.